The maximum Gasteiger partial charge on any atom is 0.318 e. The number of rotatable bonds is 3. The van der Waals surface area contributed by atoms with E-state index in [1.807, 2.05) is 13.8 Å². The van der Waals surface area contributed by atoms with Crippen LogP contribution in [0.2, 0.25) is 0 Å². The quantitative estimate of drug-likeness (QED) is 0.793. The lowest BCUT2D eigenvalue weighted by Crippen LogP contribution is -2.61. The normalized spacial score (nSPS) is 19.4. The molecule has 0 unspecified atom stereocenters. The fraction of sp³-hybridized carbons (Fsp3) is 0.833. The van der Waals surface area contributed by atoms with E-state index in [-0.39, 0.29) is 18.0 Å². The molecule has 0 bridgehead atoms. The van der Waals surface area contributed by atoms with Gasteiger partial charge in [0, 0.05) is 12.1 Å². The van der Waals surface area contributed by atoms with Gasteiger partial charge in [-0.25, -0.2) is 4.79 Å². The summed E-state index contributed by atoms with van der Waals surface area (Å²) in [5, 5.41) is 11.6. The Morgan fingerprint density at radius 3 is 2.56 bits per heavy atom. The molecule has 18 heavy (non-hydrogen) atoms. The van der Waals surface area contributed by atoms with Crippen LogP contribution in [0.25, 0.3) is 0 Å². The lowest BCUT2D eigenvalue weighted by atomic mass is 10.00. The Kier molecular flexibility index (Phi) is 4.21. The Hall–Kier alpha value is -1.30. The van der Waals surface area contributed by atoms with Crippen LogP contribution in [-0.2, 0) is 9.53 Å². The summed E-state index contributed by atoms with van der Waals surface area (Å²) in [5.41, 5.74) is -1.14. The molecular weight excluding hydrogens is 236 g/mol. The van der Waals surface area contributed by atoms with Crippen LogP contribution < -0.4 is 5.32 Å². The maximum atomic E-state index is 12.2. The highest BCUT2D eigenvalue weighted by Gasteiger charge is 2.36. The molecule has 1 saturated heterocycles. The number of carbonyl (C=O) groups is 2. The first kappa shape index (κ1) is 14.8. The molecule has 0 atom stereocenters. The molecule has 0 aromatic heterocycles. The molecule has 0 aromatic rings. The number of carboxylic acids is 1. The largest absolute Gasteiger partial charge is 0.481 e. The van der Waals surface area contributed by atoms with Gasteiger partial charge < -0.3 is 20.1 Å². The summed E-state index contributed by atoms with van der Waals surface area (Å²) in [4.78, 5) is 24.6. The molecule has 104 valence electrons. The van der Waals surface area contributed by atoms with Crippen LogP contribution in [0.5, 0.6) is 0 Å². The van der Waals surface area contributed by atoms with Crippen molar-refractivity contribution >= 4 is 12.0 Å². The molecule has 0 spiro atoms. The van der Waals surface area contributed by atoms with E-state index in [1.54, 1.807) is 18.7 Å². The fourth-order valence-electron chi connectivity index (χ4n) is 2.01. The van der Waals surface area contributed by atoms with Crippen molar-refractivity contribution in [1.82, 2.24) is 10.2 Å². The second-order valence-corrected chi connectivity index (χ2v) is 5.90. The van der Waals surface area contributed by atoms with Crippen molar-refractivity contribution in [3.63, 3.8) is 0 Å². The van der Waals surface area contributed by atoms with Crippen LogP contribution >= 0.6 is 0 Å². The standard InChI is InChI=1S/C12H22N2O4/c1-11(2,7-9(15)16)13-10(17)14-5-6-18-8-12(14,3)4/h5-8H2,1-4H3,(H,13,17)(H,15,16). The van der Waals surface area contributed by atoms with Crippen LogP contribution in [-0.4, -0.2) is 52.8 Å². The summed E-state index contributed by atoms with van der Waals surface area (Å²) in [6, 6.07) is -0.241. The summed E-state index contributed by atoms with van der Waals surface area (Å²) in [6.45, 7) is 8.77. The van der Waals surface area contributed by atoms with Gasteiger partial charge >= 0.3 is 12.0 Å². The summed E-state index contributed by atoms with van der Waals surface area (Å²) in [6.07, 6.45) is -0.108. The minimum absolute atomic E-state index is 0.108. The van der Waals surface area contributed by atoms with Gasteiger partial charge in [0.2, 0.25) is 0 Å². The van der Waals surface area contributed by atoms with Gasteiger partial charge in [-0.15, -0.1) is 0 Å². The second kappa shape index (κ2) is 5.14. The summed E-state index contributed by atoms with van der Waals surface area (Å²) in [5.74, 6) is -0.929. The Bertz CT molecular complexity index is 339. The first-order valence-electron chi connectivity index (χ1n) is 6.03. The van der Waals surface area contributed by atoms with Crippen molar-refractivity contribution in [2.75, 3.05) is 19.8 Å². The van der Waals surface area contributed by atoms with Gasteiger partial charge in [-0.3, -0.25) is 4.79 Å². The van der Waals surface area contributed by atoms with Crippen molar-refractivity contribution < 1.29 is 19.4 Å². The van der Waals surface area contributed by atoms with E-state index in [0.29, 0.717) is 19.8 Å². The smallest absolute Gasteiger partial charge is 0.318 e. The van der Waals surface area contributed by atoms with Crippen molar-refractivity contribution in [3.8, 4) is 0 Å². The van der Waals surface area contributed by atoms with Crippen molar-refractivity contribution in [1.29, 1.82) is 0 Å². The first-order valence-corrected chi connectivity index (χ1v) is 6.03. The van der Waals surface area contributed by atoms with Gasteiger partial charge in [0.1, 0.15) is 0 Å². The van der Waals surface area contributed by atoms with E-state index in [1.165, 1.54) is 0 Å². The lowest BCUT2D eigenvalue weighted by Gasteiger charge is -2.43. The summed E-state index contributed by atoms with van der Waals surface area (Å²) >= 11 is 0. The van der Waals surface area contributed by atoms with E-state index in [0.717, 1.165) is 0 Å². The number of amides is 2. The van der Waals surface area contributed by atoms with Gasteiger partial charge in [-0.2, -0.15) is 0 Å². The van der Waals surface area contributed by atoms with Crippen LogP contribution in [0.3, 0.4) is 0 Å². The molecule has 1 aliphatic heterocycles. The van der Waals surface area contributed by atoms with Gasteiger partial charge in [-0.05, 0) is 27.7 Å². The summed E-state index contributed by atoms with van der Waals surface area (Å²) in [7, 11) is 0. The molecule has 2 amide bonds. The molecule has 1 aliphatic rings. The number of carbonyl (C=O) groups excluding carboxylic acids is 1. The van der Waals surface area contributed by atoms with E-state index < -0.39 is 11.5 Å². The van der Waals surface area contributed by atoms with Crippen LogP contribution in [0.15, 0.2) is 0 Å². The Morgan fingerprint density at radius 1 is 1.44 bits per heavy atom. The third kappa shape index (κ3) is 3.87. The average molecular weight is 258 g/mol. The van der Waals surface area contributed by atoms with E-state index in [2.05, 4.69) is 5.32 Å². The monoisotopic (exact) mass is 258 g/mol. The van der Waals surface area contributed by atoms with Crippen LogP contribution in [0.4, 0.5) is 4.79 Å². The van der Waals surface area contributed by atoms with E-state index in [4.69, 9.17) is 9.84 Å². The van der Waals surface area contributed by atoms with E-state index in [9.17, 15) is 9.59 Å². The van der Waals surface area contributed by atoms with Gasteiger partial charge in [0.25, 0.3) is 0 Å². The maximum absolute atomic E-state index is 12.2. The number of nitrogens with one attached hydrogen (secondary N) is 1. The molecule has 0 saturated carbocycles. The highest BCUT2D eigenvalue weighted by atomic mass is 16.5. The van der Waals surface area contributed by atoms with Crippen molar-refractivity contribution in [3.05, 3.63) is 0 Å². The topological polar surface area (TPSA) is 78.9 Å². The van der Waals surface area contributed by atoms with Crippen LogP contribution in [0, 0.1) is 0 Å². The number of carboxylic acid groups (broad SMARTS) is 1. The SMILES string of the molecule is CC(C)(CC(=O)O)NC(=O)N1CCOCC1(C)C. The number of hydrogen-bond donors (Lipinski definition) is 2. The first-order chi connectivity index (χ1) is 8.14. The molecule has 1 heterocycles. The predicted octanol–water partition coefficient (Wildman–Crippen LogP) is 1.06. The van der Waals surface area contributed by atoms with Crippen molar-refractivity contribution in [2.24, 2.45) is 0 Å². The number of urea groups is 1. The minimum atomic E-state index is -0.929. The number of morpholine rings is 1. The van der Waals surface area contributed by atoms with Gasteiger partial charge in [0.05, 0.1) is 25.2 Å². The molecule has 1 fully saturated rings. The summed E-state index contributed by atoms with van der Waals surface area (Å²) < 4.78 is 5.34. The zero-order chi connectivity index (χ0) is 14.0. The lowest BCUT2D eigenvalue weighted by molar-refractivity contribution is -0.138. The zero-order valence-electron chi connectivity index (χ0n) is 11.4. The number of hydrogen-bond acceptors (Lipinski definition) is 3. The molecule has 0 radical (unpaired) electrons. The molecule has 6 nitrogen and oxygen atoms in total. The third-order valence-corrected chi connectivity index (χ3v) is 2.93. The third-order valence-electron chi connectivity index (χ3n) is 2.93. The van der Waals surface area contributed by atoms with Gasteiger partial charge in [0.15, 0.2) is 0 Å². The number of ether oxygens (including phenoxy) is 1. The minimum Gasteiger partial charge on any atom is -0.481 e. The van der Waals surface area contributed by atoms with Crippen molar-refractivity contribution in [2.45, 2.75) is 45.2 Å². The number of nitrogens with zero attached hydrogens (tertiary/aromatic N) is 1. The molecule has 0 aliphatic carbocycles. The molecule has 6 heteroatoms. The number of aliphatic carboxylic acids is 1. The zero-order valence-corrected chi connectivity index (χ0v) is 11.4. The Morgan fingerprint density at radius 2 is 2.06 bits per heavy atom. The van der Waals surface area contributed by atoms with E-state index >= 15 is 0 Å². The van der Waals surface area contributed by atoms with Gasteiger partial charge in [-0.1, -0.05) is 0 Å². The highest BCUT2D eigenvalue weighted by molar-refractivity contribution is 5.77. The molecule has 1 rings (SSSR count). The average Bonchev–Trinajstić information content (AvgIpc) is 2.12. The second-order valence-electron chi connectivity index (χ2n) is 5.90. The highest BCUT2D eigenvalue weighted by Crippen LogP contribution is 2.20. The molecule has 0 aromatic carbocycles. The van der Waals surface area contributed by atoms with Crippen LogP contribution in [0.1, 0.15) is 34.1 Å². The Balaban J connectivity index is 2.67. The Labute approximate surface area is 107 Å². The molecular formula is C12H22N2O4. The molecule has 2 N–H and O–H groups in total. The fourth-order valence-corrected chi connectivity index (χ4v) is 2.01. The predicted molar refractivity (Wildman–Crippen MR) is 66.5 cm³/mol.